The number of aryl methyl sites for hydroxylation is 1. The van der Waals surface area contributed by atoms with Crippen LogP contribution in [0.5, 0.6) is 0 Å². The zero-order chi connectivity index (χ0) is 11.5. The number of hydrogen-bond acceptors (Lipinski definition) is 3. The molecule has 2 rings (SSSR count). The SMILES string of the molecule is C=CCn1c(N2CCCC2)nc(C)cc1=O. The molecule has 2 heterocycles. The van der Waals surface area contributed by atoms with Gasteiger partial charge in [-0.25, -0.2) is 4.98 Å². The maximum absolute atomic E-state index is 11.9. The molecule has 0 amide bonds. The maximum Gasteiger partial charge on any atom is 0.255 e. The first kappa shape index (κ1) is 10.9. The molecule has 4 nitrogen and oxygen atoms in total. The maximum atomic E-state index is 11.9. The molecule has 0 atom stereocenters. The summed E-state index contributed by atoms with van der Waals surface area (Å²) in [5.41, 5.74) is 0.793. The van der Waals surface area contributed by atoms with Crippen LogP contribution in [-0.2, 0) is 6.54 Å². The first-order chi connectivity index (χ1) is 7.72. The van der Waals surface area contributed by atoms with E-state index < -0.39 is 0 Å². The summed E-state index contributed by atoms with van der Waals surface area (Å²) >= 11 is 0. The Morgan fingerprint density at radius 3 is 2.81 bits per heavy atom. The van der Waals surface area contributed by atoms with Crippen LogP contribution >= 0.6 is 0 Å². The van der Waals surface area contributed by atoms with Gasteiger partial charge in [0.2, 0.25) is 5.95 Å². The van der Waals surface area contributed by atoms with Crippen molar-refractivity contribution in [1.82, 2.24) is 9.55 Å². The molecule has 0 N–H and O–H groups in total. The molecular formula is C12H17N3O. The molecular weight excluding hydrogens is 202 g/mol. The molecule has 0 bridgehead atoms. The molecule has 0 aliphatic carbocycles. The fraction of sp³-hybridized carbons (Fsp3) is 0.500. The highest BCUT2D eigenvalue weighted by molar-refractivity contribution is 5.33. The Morgan fingerprint density at radius 2 is 2.19 bits per heavy atom. The molecule has 0 spiro atoms. The van der Waals surface area contributed by atoms with E-state index in [0.29, 0.717) is 6.54 Å². The van der Waals surface area contributed by atoms with Gasteiger partial charge in [0.1, 0.15) is 0 Å². The fourth-order valence-electron chi connectivity index (χ4n) is 2.06. The third-order valence-electron chi connectivity index (χ3n) is 2.82. The van der Waals surface area contributed by atoms with Crippen molar-refractivity contribution in [3.05, 3.63) is 34.8 Å². The molecule has 0 radical (unpaired) electrons. The summed E-state index contributed by atoms with van der Waals surface area (Å²) < 4.78 is 1.69. The van der Waals surface area contributed by atoms with Crippen LogP contribution in [0.2, 0.25) is 0 Å². The van der Waals surface area contributed by atoms with Gasteiger partial charge in [-0.2, -0.15) is 0 Å². The number of allylic oxidation sites excluding steroid dienone is 1. The molecule has 1 aliphatic heterocycles. The van der Waals surface area contributed by atoms with Gasteiger partial charge in [-0.15, -0.1) is 6.58 Å². The van der Waals surface area contributed by atoms with Crippen LogP contribution in [0.25, 0.3) is 0 Å². The van der Waals surface area contributed by atoms with Crippen LogP contribution in [0.15, 0.2) is 23.5 Å². The van der Waals surface area contributed by atoms with E-state index in [0.717, 1.165) is 24.7 Å². The van der Waals surface area contributed by atoms with Crippen LogP contribution in [0.3, 0.4) is 0 Å². The lowest BCUT2D eigenvalue weighted by atomic mass is 10.4. The Bertz CT molecular complexity index is 444. The van der Waals surface area contributed by atoms with E-state index in [1.54, 1.807) is 16.7 Å². The van der Waals surface area contributed by atoms with Gasteiger partial charge in [-0.1, -0.05) is 6.08 Å². The summed E-state index contributed by atoms with van der Waals surface area (Å²) in [6, 6.07) is 1.57. The molecule has 1 aromatic rings. The summed E-state index contributed by atoms with van der Waals surface area (Å²) in [4.78, 5) is 18.5. The Balaban J connectivity index is 2.47. The summed E-state index contributed by atoms with van der Waals surface area (Å²) in [5.74, 6) is 0.794. The number of aromatic nitrogens is 2. The van der Waals surface area contributed by atoms with E-state index >= 15 is 0 Å². The summed E-state index contributed by atoms with van der Waals surface area (Å²) in [6.45, 7) is 8.05. The molecule has 1 fully saturated rings. The lowest BCUT2D eigenvalue weighted by Gasteiger charge is -2.20. The molecule has 86 valence electrons. The first-order valence-corrected chi connectivity index (χ1v) is 5.66. The van der Waals surface area contributed by atoms with Crippen LogP contribution in [0, 0.1) is 6.92 Å². The summed E-state index contributed by atoms with van der Waals surface area (Å²) in [6.07, 6.45) is 4.09. The van der Waals surface area contributed by atoms with Crippen molar-refractivity contribution < 1.29 is 0 Å². The van der Waals surface area contributed by atoms with Crippen molar-refractivity contribution in [2.24, 2.45) is 0 Å². The van der Waals surface area contributed by atoms with Gasteiger partial charge in [-0.05, 0) is 19.8 Å². The van der Waals surface area contributed by atoms with Gasteiger partial charge in [0.15, 0.2) is 0 Å². The predicted octanol–water partition coefficient (Wildman–Crippen LogP) is 1.34. The molecule has 1 aromatic heterocycles. The standard InChI is InChI=1S/C12H17N3O/c1-3-6-15-11(16)9-10(2)13-12(15)14-7-4-5-8-14/h3,9H,1,4-8H2,2H3. The Labute approximate surface area is 95.2 Å². The number of rotatable bonds is 3. The van der Waals surface area contributed by atoms with E-state index in [-0.39, 0.29) is 5.56 Å². The van der Waals surface area contributed by atoms with E-state index in [4.69, 9.17) is 0 Å². The minimum Gasteiger partial charge on any atom is -0.342 e. The molecule has 1 aliphatic rings. The highest BCUT2D eigenvalue weighted by Gasteiger charge is 2.17. The zero-order valence-electron chi connectivity index (χ0n) is 9.65. The first-order valence-electron chi connectivity index (χ1n) is 5.66. The Kier molecular flexibility index (Phi) is 3.08. The van der Waals surface area contributed by atoms with E-state index in [1.165, 1.54) is 12.8 Å². The minimum atomic E-state index is 0.00861. The average Bonchev–Trinajstić information content (AvgIpc) is 2.75. The lowest BCUT2D eigenvalue weighted by molar-refractivity contribution is 0.713. The quantitative estimate of drug-likeness (QED) is 0.720. The van der Waals surface area contributed by atoms with E-state index in [2.05, 4.69) is 16.5 Å². The molecule has 16 heavy (non-hydrogen) atoms. The van der Waals surface area contributed by atoms with Crippen molar-refractivity contribution in [2.45, 2.75) is 26.3 Å². The second-order valence-electron chi connectivity index (χ2n) is 4.13. The number of hydrogen-bond donors (Lipinski definition) is 0. The van der Waals surface area contributed by atoms with Crippen molar-refractivity contribution in [1.29, 1.82) is 0 Å². The summed E-state index contributed by atoms with van der Waals surface area (Å²) in [7, 11) is 0. The minimum absolute atomic E-state index is 0.00861. The van der Waals surface area contributed by atoms with Crippen LogP contribution in [0.1, 0.15) is 18.5 Å². The molecule has 0 saturated carbocycles. The van der Waals surface area contributed by atoms with Crippen molar-refractivity contribution in [2.75, 3.05) is 18.0 Å². The van der Waals surface area contributed by atoms with Crippen molar-refractivity contribution >= 4 is 5.95 Å². The lowest BCUT2D eigenvalue weighted by Crippen LogP contribution is -2.30. The van der Waals surface area contributed by atoms with Crippen molar-refractivity contribution in [3.8, 4) is 0 Å². The topological polar surface area (TPSA) is 38.1 Å². The monoisotopic (exact) mass is 219 g/mol. The van der Waals surface area contributed by atoms with Gasteiger partial charge in [0, 0.05) is 31.4 Å². The van der Waals surface area contributed by atoms with Gasteiger partial charge >= 0.3 is 0 Å². The second kappa shape index (κ2) is 4.51. The van der Waals surface area contributed by atoms with Gasteiger partial charge < -0.3 is 4.90 Å². The second-order valence-corrected chi connectivity index (χ2v) is 4.13. The van der Waals surface area contributed by atoms with Crippen LogP contribution in [0.4, 0.5) is 5.95 Å². The van der Waals surface area contributed by atoms with Gasteiger partial charge in [0.25, 0.3) is 5.56 Å². The third kappa shape index (κ3) is 2.01. The third-order valence-corrected chi connectivity index (χ3v) is 2.82. The van der Waals surface area contributed by atoms with E-state index in [1.807, 2.05) is 6.92 Å². The summed E-state index contributed by atoms with van der Waals surface area (Å²) in [5, 5.41) is 0. The molecule has 0 unspecified atom stereocenters. The van der Waals surface area contributed by atoms with Gasteiger partial charge in [0.05, 0.1) is 0 Å². The largest absolute Gasteiger partial charge is 0.342 e. The van der Waals surface area contributed by atoms with Crippen molar-refractivity contribution in [3.63, 3.8) is 0 Å². The van der Waals surface area contributed by atoms with E-state index in [9.17, 15) is 4.79 Å². The smallest absolute Gasteiger partial charge is 0.255 e. The Morgan fingerprint density at radius 1 is 1.50 bits per heavy atom. The predicted molar refractivity (Wildman–Crippen MR) is 64.9 cm³/mol. The number of anilines is 1. The molecule has 1 saturated heterocycles. The molecule has 4 heteroatoms. The highest BCUT2D eigenvalue weighted by atomic mass is 16.1. The zero-order valence-corrected chi connectivity index (χ0v) is 9.65. The van der Waals surface area contributed by atoms with Crippen LogP contribution < -0.4 is 10.5 Å². The number of nitrogens with zero attached hydrogens (tertiary/aromatic N) is 3. The normalized spacial score (nSPS) is 15.4. The van der Waals surface area contributed by atoms with Gasteiger partial charge in [-0.3, -0.25) is 9.36 Å². The Hall–Kier alpha value is -1.58. The fourth-order valence-corrected chi connectivity index (χ4v) is 2.06. The highest BCUT2D eigenvalue weighted by Crippen LogP contribution is 2.16. The molecule has 0 aromatic carbocycles. The average molecular weight is 219 g/mol. The van der Waals surface area contributed by atoms with Crippen LogP contribution in [-0.4, -0.2) is 22.6 Å².